The highest BCUT2D eigenvalue weighted by Crippen LogP contribution is 2.37. The second kappa shape index (κ2) is 8.94. The van der Waals surface area contributed by atoms with E-state index in [1.54, 1.807) is 21.6 Å². The summed E-state index contributed by atoms with van der Waals surface area (Å²) in [5.74, 6) is 0.0401. The average Bonchev–Trinajstić information content (AvgIpc) is 3.45. The molecule has 0 bridgehead atoms. The van der Waals surface area contributed by atoms with Gasteiger partial charge in [-0.25, -0.2) is 9.18 Å². The smallest absolute Gasteiger partial charge is 0.414 e. The number of nitrogens with zero attached hydrogens (tertiary/aromatic N) is 3. The largest absolute Gasteiger partial charge is 0.444 e. The highest BCUT2D eigenvalue weighted by atomic mass is 32.2. The molecule has 0 spiro atoms. The number of aromatic nitrogens is 1. The van der Waals surface area contributed by atoms with Crippen LogP contribution in [0.4, 0.5) is 20.6 Å². The van der Waals surface area contributed by atoms with Gasteiger partial charge < -0.3 is 14.6 Å². The monoisotopic (exact) mass is 508 g/mol. The van der Waals surface area contributed by atoms with Crippen LogP contribution in [0.2, 0.25) is 0 Å². The minimum atomic E-state index is -0.400. The summed E-state index contributed by atoms with van der Waals surface area (Å²) in [6.45, 7) is 1.52. The van der Waals surface area contributed by atoms with Crippen molar-refractivity contribution >= 4 is 46.0 Å². The number of rotatable bonds is 6. The van der Waals surface area contributed by atoms with Crippen molar-refractivity contribution in [2.24, 2.45) is 0 Å². The van der Waals surface area contributed by atoms with Gasteiger partial charge in [0.15, 0.2) is 0 Å². The molecule has 0 unspecified atom stereocenters. The maximum absolute atomic E-state index is 14.8. The Kier molecular flexibility index (Phi) is 5.72. The first-order valence-corrected chi connectivity index (χ1v) is 12.9. The molecule has 1 fully saturated rings. The molecule has 2 atom stereocenters. The molecule has 36 heavy (non-hydrogen) atoms. The number of benzene rings is 2. The predicted molar refractivity (Wildman–Crippen MR) is 136 cm³/mol. The van der Waals surface area contributed by atoms with Crippen molar-refractivity contribution in [3.63, 3.8) is 0 Å². The topological polar surface area (TPSA) is 83.9 Å². The van der Waals surface area contributed by atoms with Crippen molar-refractivity contribution in [2.45, 2.75) is 36.4 Å². The van der Waals surface area contributed by atoms with Gasteiger partial charge in [0.1, 0.15) is 11.9 Å². The van der Waals surface area contributed by atoms with Crippen LogP contribution >= 0.6 is 11.8 Å². The van der Waals surface area contributed by atoms with Crippen molar-refractivity contribution in [3.05, 3.63) is 64.2 Å². The third kappa shape index (κ3) is 3.94. The summed E-state index contributed by atoms with van der Waals surface area (Å²) >= 11 is 1.48. The lowest BCUT2D eigenvalue weighted by Crippen LogP contribution is -2.29. The molecule has 4 heterocycles. The molecule has 1 aromatic heterocycles. The molecule has 2 amide bonds. The first-order valence-electron chi connectivity index (χ1n) is 12.0. The first-order chi connectivity index (χ1) is 17.4. The molecule has 3 aliphatic rings. The third-order valence-electron chi connectivity index (χ3n) is 7.18. The molecular weight excluding hydrogens is 483 g/mol. The number of pyridine rings is 1. The number of carbonyl (C=O) groups is 2. The van der Waals surface area contributed by atoms with E-state index >= 15 is 0 Å². The Balaban J connectivity index is 1.09. The Morgan fingerprint density at radius 1 is 1.14 bits per heavy atom. The molecule has 186 valence electrons. The number of amides is 2. The van der Waals surface area contributed by atoms with Gasteiger partial charge in [0.25, 0.3) is 5.56 Å². The van der Waals surface area contributed by atoms with Crippen molar-refractivity contribution in [1.29, 1.82) is 0 Å². The van der Waals surface area contributed by atoms with Crippen LogP contribution in [0.15, 0.2) is 52.2 Å². The van der Waals surface area contributed by atoms with Crippen molar-refractivity contribution in [1.82, 2.24) is 9.47 Å². The lowest BCUT2D eigenvalue weighted by atomic mass is 10.0. The maximum Gasteiger partial charge on any atom is 0.414 e. The number of thioether (sulfide) groups is 1. The highest BCUT2D eigenvalue weighted by molar-refractivity contribution is 8.00. The number of fused-ring (bicyclic) bond motifs is 1. The number of nitrogens with one attached hydrogen (secondary N) is 1. The molecule has 0 saturated carbocycles. The van der Waals surface area contributed by atoms with E-state index in [4.69, 9.17) is 4.74 Å². The normalized spacial score (nSPS) is 20.7. The van der Waals surface area contributed by atoms with E-state index in [1.807, 2.05) is 25.2 Å². The lowest BCUT2D eigenvalue weighted by molar-refractivity contribution is -0.113. The van der Waals surface area contributed by atoms with Gasteiger partial charge in [-0.05, 0) is 68.2 Å². The van der Waals surface area contributed by atoms with Gasteiger partial charge in [0.05, 0.1) is 29.5 Å². The van der Waals surface area contributed by atoms with E-state index in [0.29, 0.717) is 54.3 Å². The maximum atomic E-state index is 14.8. The summed E-state index contributed by atoms with van der Waals surface area (Å²) in [5, 5.41) is 3.71. The number of ether oxygens (including phenoxy) is 1. The molecule has 3 aliphatic heterocycles. The Morgan fingerprint density at radius 2 is 1.97 bits per heavy atom. The molecule has 3 aromatic rings. The number of likely N-dealkylation sites (N-methyl/N-ethyl adjacent to an activating group) is 1. The second-order valence-electron chi connectivity index (χ2n) is 9.45. The fourth-order valence-corrected chi connectivity index (χ4v) is 6.15. The fourth-order valence-electron chi connectivity index (χ4n) is 5.37. The van der Waals surface area contributed by atoms with E-state index < -0.39 is 6.09 Å². The van der Waals surface area contributed by atoms with Gasteiger partial charge >= 0.3 is 6.09 Å². The molecule has 0 radical (unpaired) electrons. The predicted octanol–water partition coefficient (Wildman–Crippen LogP) is 3.98. The summed E-state index contributed by atoms with van der Waals surface area (Å²) in [4.78, 5) is 41.3. The summed E-state index contributed by atoms with van der Waals surface area (Å²) in [6.07, 6.45) is 0.756. The number of hydrogen-bond acceptors (Lipinski definition) is 6. The van der Waals surface area contributed by atoms with Crippen LogP contribution < -0.4 is 15.8 Å². The minimum Gasteiger partial charge on any atom is -0.444 e. The van der Waals surface area contributed by atoms with Crippen LogP contribution in [-0.4, -0.2) is 53.5 Å². The van der Waals surface area contributed by atoms with E-state index in [1.165, 1.54) is 23.9 Å². The van der Waals surface area contributed by atoms with Crippen LogP contribution in [0.25, 0.3) is 10.9 Å². The standard InChI is InChI=1S/C26H25FN4O4S/c1-29(20-13-31-23(33)9-5-15-4-7-18(27)24(20)25(15)31)10-2-3-17-12-30(26(34)35-17)16-6-8-21-19(11-16)28-22(32)14-36-21/h4-9,11,17,20H,2-3,10,12-14H2,1H3,(H,28,32)/t17-,20+/m1/s1. The van der Waals surface area contributed by atoms with Gasteiger partial charge in [-0.15, -0.1) is 11.8 Å². The Bertz CT molecular complexity index is 1460. The number of anilines is 2. The van der Waals surface area contributed by atoms with Crippen LogP contribution in [0.5, 0.6) is 0 Å². The van der Waals surface area contributed by atoms with E-state index in [9.17, 15) is 18.8 Å². The van der Waals surface area contributed by atoms with Crippen LogP contribution in [-0.2, 0) is 16.1 Å². The zero-order valence-electron chi connectivity index (χ0n) is 19.7. The van der Waals surface area contributed by atoms with Gasteiger partial charge in [0, 0.05) is 28.8 Å². The van der Waals surface area contributed by atoms with Gasteiger partial charge in [0.2, 0.25) is 5.91 Å². The van der Waals surface area contributed by atoms with E-state index in [0.717, 1.165) is 16.7 Å². The summed E-state index contributed by atoms with van der Waals surface area (Å²) in [6, 6.07) is 11.8. The highest BCUT2D eigenvalue weighted by Gasteiger charge is 2.34. The molecular formula is C26H25FN4O4S. The van der Waals surface area contributed by atoms with E-state index in [2.05, 4.69) is 10.2 Å². The van der Waals surface area contributed by atoms with E-state index in [-0.39, 0.29) is 29.4 Å². The number of hydrogen-bond donors (Lipinski definition) is 1. The van der Waals surface area contributed by atoms with Crippen LogP contribution in [0.1, 0.15) is 24.4 Å². The Hall–Kier alpha value is -3.37. The summed E-state index contributed by atoms with van der Waals surface area (Å²) in [7, 11) is 1.94. The van der Waals surface area contributed by atoms with Crippen molar-refractivity contribution < 1.29 is 18.7 Å². The summed E-state index contributed by atoms with van der Waals surface area (Å²) < 4.78 is 22.1. The lowest BCUT2D eigenvalue weighted by Gasteiger charge is -2.25. The van der Waals surface area contributed by atoms with Gasteiger partial charge in [-0.1, -0.05) is 0 Å². The second-order valence-corrected chi connectivity index (χ2v) is 10.5. The molecule has 10 heteroatoms. The molecule has 8 nitrogen and oxygen atoms in total. The van der Waals surface area contributed by atoms with Crippen molar-refractivity contribution in [2.75, 3.05) is 36.1 Å². The quantitative estimate of drug-likeness (QED) is 0.543. The van der Waals surface area contributed by atoms with Crippen molar-refractivity contribution in [3.8, 4) is 0 Å². The zero-order chi connectivity index (χ0) is 25.0. The first kappa shape index (κ1) is 23.1. The van der Waals surface area contributed by atoms with Crippen LogP contribution in [0, 0.1) is 5.82 Å². The zero-order valence-corrected chi connectivity index (χ0v) is 20.5. The fraction of sp³-hybridized carbons (Fsp3) is 0.346. The SMILES string of the molecule is CN(CCC[C@@H]1CN(c2ccc3c(c2)NC(=O)CS3)C(=O)O1)[C@H]1Cn2c(=O)ccc3ccc(F)c1c32. The third-order valence-corrected chi connectivity index (χ3v) is 8.25. The van der Waals surface area contributed by atoms with Gasteiger partial charge in [-0.3, -0.25) is 19.4 Å². The van der Waals surface area contributed by atoms with Gasteiger partial charge in [-0.2, -0.15) is 0 Å². The number of halogens is 1. The number of carbonyl (C=O) groups excluding carboxylic acids is 2. The Morgan fingerprint density at radius 3 is 2.83 bits per heavy atom. The number of cyclic esters (lactones) is 1. The average molecular weight is 509 g/mol. The molecule has 2 aromatic carbocycles. The molecule has 6 rings (SSSR count). The summed E-state index contributed by atoms with van der Waals surface area (Å²) in [5.41, 5.74) is 2.54. The van der Waals surface area contributed by atoms with Crippen LogP contribution in [0.3, 0.4) is 0 Å². The molecule has 1 saturated heterocycles. The molecule has 1 N–H and O–H groups in total. The molecule has 0 aliphatic carbocycles. The Labute approximate surface area is 211 Å². The minimum absolute atomic E-state index is 0.0537.